The number of hydrogen-bond acceptors (Lipinski definition) is 6. The van der Waals surface area contributed by atoms with Crippen LogP contribution in [-0.2, 0) is 4.79 Å². The first-order valence-electron chi connectivity index (χ1n) is 9.11. The summed E-state index contributed by atoms with van der Waals surface area (Å²) in [5, 5.41) is 15.6. The fourth-order valence-electron chi connectivity index (χ4n) is 3.15. The molecule has 0 saturated heterocycles. The summed E-state index contributed by atoms with van der Waals surface area (Å²) in [6, 6.07) is 7.78. The topological polar surface area (TPSA) is 81.9 Å². The van der Waals surface area contributed by atoms with E-state index in [4.69, 9.17) is 4.74 Å². The monoisotopic (exact) mass is 375 g/mol. The van der Waals surface area contributed by atoms with Gasteiger partial charge < -0.3 is 10.1 Å². The lowest BCUT2D eigenvalue weighted by molar-refractivity contribution is -0.119. The summed E-state index contributed by atoms with van der Waals surface area (Å²) in [4.78, 5) is 12.3. The Morgan fingerprint density at radius 3 is 2.58 bits per heavy atom. The number of hydrogen-bond donors (Lipinski definition) is 1. The number of tetrazole rings is 1. The van der Waals surface area contributed by atoms with Gasteiger partial charge in [-0.2, -0.15) is 4.68 Å². The Bertz CT molecular complexity index is 696. The van der Waals surface area contributed by atoms with E-state index in [9.17, 15) is 4.79 Å². The zero-order valence-electron chi connectivity index (χ0n) is 15.1. The van der Waals surface area contributed by atoms with Crippen molar-refractivity contribution in [3.05, 3.63) is 24.3 Å². The maximum Gasteiger partial charge on any atom is 0.230 e. The highest BCUT2D eigenvalue weighted by Gasteiger charge is 2.16. The Balaban J connectivity index is 1.54. The zero-order valence-corrected chi connectivity index (χ0v) is 15.9. The Morgan fingerprint density at radius 1 is 1.19 bits per heavy atom. The molecule has 140 valence electrons. The van der Waals surface area contributed by atoms with Crippen molar-refractivity contribution in [3.63, 3.8) is 0 Å². The third-order valence-electron chi connectivity index (χ3n) is 4.56. The average molecular weight is 375 g/mol. The van der Waals surface area contributed by atoms with Crippen molar-refractivity contribution in [2.45, 2.75) is 56.1 Å². The van der Waals surface area contributed by atoms with Gasteiger partial charge in [-0.1, -0.05) is 43.9 Å². The van der Waals surface area contributed by atoms with Crippen LogP contribution in [0.15, 0.2) is 29.4 Å². The normalized spacial score (nSPS) is 15.9. The van der Waals surface area contributed by atoms with Crippen LogP contribution in [0.3, 0.4) is 0 Å². The van der Waals surface area contributed by atoms with Crippen molar-refractivity contribution in [2.75, 3.05) is 12.9 Å². The summed E-state index contributed by atoms with van der Waals surface area (Å²) in [6.45, 7) is 0. The van der Waals surface area contributed by atoms with E-state index >= 15 is 0 Å². The second-order valence-corrected chi connectivity index (χ2v) is 7.41. The summed E-state index contributed by atoms with van der Waals surface area (Å²) in [5.74, 6) is 1.13. The maximum atomic E-state index is 12.3. The number of nitrogens with zero attached hydrogens (tertiary/aromatic N) is 4. The summed E-state index contributed by atoms with van der Waals surface area (Å²) >= 11 is 1.35. The number of benzene rings is 1. The van der Waals surface area contributed by atoms with Crippen LogP contribution >= 0.6 is 11.8 Å². The van der Waals surface area contributed by atoms with E-state index < -0.39 is 0 Å². The lowest BCUT2D eigenvalue weighted by Crippen LogP contribution is -2.36. The number of amides is 1. The SMILES string of the molecule is COc1ccc(-n2nnnc2SCC(=O)NC2CCCCCCC2)cc1. The van der Waals surface area contributed by atoms with Crippen molar-refractivity contribution in [1.29, 1.82) is 0 Å². The maximum absolute atomic E-state index is 12.3. The number of ether oxygens (including phenoxy) is 1. The second-order valence-electron chi connectivity index (χ2n) is 6.47. The van der Waals surface area contributed by atoms with Crippen molar-refractivity contribution in [3.8, 4) is 11.4 Å². The smallest absolute Gasteiger partial charge is 0.230 e. The molecule has 1 saturated carbocycles. The number of methoxy groups -OCH3 is 1. The highest BCUT2D eigenvalue weighted by molar-refractivity contribution is 7.99. The van der Waals surface area contributed by atoms with Gasteiger partial charge in [-0.25, -0.2) is 0 Å². The summed E-state index contributed by atoms with van der Waals surface area (Å²) in [5.41, 5.74) is 0.832. The first-order valence-corrected chi connectivity index (χ1v) is 10.1. The van der Waals surface area contributed by atoms with Gasteiger partial charge in [0.25, 0.3) is 0 Å². The molecule has 1 aliphatic rings. The molecule has 2 aromatic rings. The Labute approximate surface area is 157 Å². The Hall–Kier alpha value is -2.09. The van der Waals surface area contributed by atoms with Crippen LogP contribution in [0.1, 0.15) is 44.9 Å². The predicted molar refractivity (Wildman–Crippen MR) is 101 cm³/mol. The number of thioether (sulfide) groups is 1. The molecular weight excluding hydrogens is 350 g/mol. The molecule has 0 aliphatic heterocycles. The summed E-state index contributed by atoms with van der Waals surface area (Å²) in [6.07, 6.45) is 8.45. The molecule has 1 aromatic carbocycles. The Kier molecular flexibility index (Phi) is 6.88. The van der Waals surface area contributed by atoms with Gasteiger partial charge in [-0.3, -0.25) is 4.79 Å². The minimum atomic E-state index is 0.0462. The van der Waals surface area contributed by atoms with Crippen molar-refractivity contribution in [1.82, 2.24) is 25.5 Å². The van der Waals surface area contributed by atoms with Crippen molar-refractivity contribution in [2.24, 2.45) is 0 Å². The molecule has 1 aromatic heterocycles. The second kappa shape index (κ2) is 9.56. The van der Waals surface area contributed by atoms with Gasteiger partial charge in [-0.05, 0) is 47.5 Å². The van der Waals surface area contributed by atoms with Gasteiger partial charge >= 0.3 is 0 Å². The quantitative estimate of drug-likeness (QED) is 0.782. The molecule has 26 heavy (non-hydrogen) atoms. The van der Waals surface area contributed by atoms with E-state index in [1.165, 1.54) is 43.9 Å². The number of carbonyl (C=O) groups excluding carboxylic acids is 1. The van der Waals surface area contributed by atoms with Crippen LogP contribution in [-0.4, -0.2) is 45.0 Å². The van der Waals surface area contributed by atoms with Gasteiger partial charge in [0.1, 0.15) is 5.75 Å². The number of aromatic nitrogens is 4. The lowest BCUT2D eigenvalue weighted by Gasteiger charge is -2.20. The fourth-order valence-corrected chi connectivity index (χ4v) is 3.86. The molecule has 0 unspecified atom stereocenters. The Morgan fingerprint density at radius 2 is 1.88 bits per heavy atom. The standard InChI is InChI=1S/C18H25N5O2S/c1-25-16-11-9-15(10-12-16)23-18(20-21-22-23)26-13-17(24)19-14-7-5-3-2-4-6-8-14/h9-12,14H,2-8,13H2,1H3,(H,19,24). The number of carbonyl (C=O) groups is 1. The molecule has 1 N–H and O–H groups in total. The van der Waals surface area contributed by atoms with Crippen LogP contribution in [0.25, 0.3) is 5.69 Å². The van der Waals surface area contributed by atoms with Crippen molar-refractivity contribution < 1.29 is 9.53 Å². The minimum absolute atomic E-state index is 0.0462. The highest BCUT2D eigenvalue weighted by Crippen LogP contribution is 2.21. The van der Waals surface area contributed by atoms with Crippen LogP contribution in [0.2, 0.25) is 0 Å². The van der Waals surface area contributed by atoms with E-state index in [0.29, 0.717) is 17.0 Å². The van der Waals surface area contributed by atoms with E-state index in [1.807, 2.05) is 24.3 Å². The summed E-state index contributed by atoms with van der Waals surface area (Å²) < 4.78 is 6.80. The van der Waals surface area contributed by atoms with E-state index in [2.05, 4.69) is 20.8 Å². The van der Waals surface area contributed by atoms with E-state index in [-0.39, 0.29) is 5.91 Å². The van der Waals surface area contributed by atoms with Crippen LogP contribution in [0.4, 0.5) is 0 Å². The van der Waals surface area contributed by atoms with Crippen LogP contribution < -0.4 is 10.1 Å². The molecule has 1 fully saturated rings. The average Bonchev–Trinajstić information content (AvgIpc) is 3.11. The van der Waals surface area contributed by atoms with E-state index in [0.717, 1.165) is 24.3 Å². The molecule has 8 heteroatoms. The molecular formula is C18H25N5O2S. The van der Waals surface area contributed by atoms with Crippen molar-refractivity contribution >= 4 is 17.7 Å². The molecule has 3 rings (SSSR count). The molecule has 0 radical (unpaired) electrons. The molecule has 1 amide bonds. The summed E-state index contributed by atoms with van der Waals surface area (Å²) in [7, 11) is 1.63. The molecule has 1 heterocycles. The molecule has 0 atom stereocenters. The van der Waals surface area contributed by atoms with Crippen LogP contribution in [0.5, 0.6) is 5.75 Å². The lowest BCUT2D eigenvalue weighted by atomic mass is 9.97. The number of rotatable bonds is 6. The minimum Gasteiger partial charge on any atom is -0.497 e. The molecule has 0 bridgehead atoms. The van der Waals surface area contributed by atoms with Gasteiger partial charge in [0, 0.05) is 6.04 Å². The first kappa shape index (κ1) is 18.7. The molecule has 0 spiro atoms. The van der Waals surface area contributed by atoms with Gasteiger partial charge in [0.15, 0.2) is 0 Å². The third kappa shape index (κ3) is 5.20. The third-order valence-corrected chi connectivity index (χ3v) is 5.48. The largest absolute Gasteiger partial charge is 0.497 e. The van der Waals surface area contributed by atoms with Gasteiger partial charge in [-0.15, -0.1) is 5.10 Å². The predicted octanol–water partition coefficient (Wildman–Crippen LogP) is 2.99. The van der Waals surface area contributed by atoms with Gasteiger partial charge in [0.2, 0.25) is 11.1 Å². The van der Waals surface area contributed by atoms with Gasteiger partial charge in [0.05, 0.1) is 18.6 Å². The number of nitrogens with one attached hydrogen (secondary N) is 1. The fraction of sp³-hybridized carbons (Fsp3) is 0.556. The highest BCUT2D eigenvalue weighted by atomic mass is 32.2. The first-order chi connectivity index (χ1) is 12.8. The molecule has 1 aliphatic carbocycles. The molecule has 7 nitrogen and oxygen atoms in total. The van der Waals surface area contributed by atoms with E-state index in [1.54, 1.807) is 11.8 Å². The zero-order chi connectivity index (χ0) is 18.2. The van der Waals surface area contributed by atoms with Crippen LogP contribution in [0, 0.1) is 0 Å².